The lowest BCUT2D eigenvalue weighted by molar-refractivity contribution is -0.379. The number of allylic oxidation sites excluding steroid dienone is 23. The monoisotopic (exact) mass is 1280 g/mol. The lowest BCUT2D eigenvalue weighted by Gasteiger charge is -2.48. The van der Waals surface area contributed by atoms with Gasteiger partial charge in [0, 0.05) is 6.42 Å². The molecule has 19 nitrogen and oxygen atoms in total. The number of unbranched alkanes of at least 4 members (excludes halogenated alkanes) is 11. The second kappa shape index (κ2) is 52.0. The molecule has 12 N–H and O–H groups in total. The minimum Gasteiger partial charge on any atom is -0.394 e. The molecular weight excluding hydrogens is 1170 g/mol. The van der Waals surface area contributed by atoms with Crippen molar-refractivity contribution in [1.82, 2.24) is 5.32 Å². The molecule has 17 unspecified atom stereocenters. The smallest absolute Gasteiger partial charge is 0.220 e. The van der Waals surface area contributed by atoms with Crippen LogP contribution in [0.3, 0.4) is 0 Å². The number of hydrogen-bond acceptors (Lipinski definition) is 18. The Bertz CT molecular complexity index is 2220. The van der Waals surface area contributed by atoms with Crippen molar-refractivity contribution in [2.75, 3.05) is 26.4 Å². The van der Waals surface area contributed by atoms with Crippen molar-refractivity contribution in [3.8, 4) is 0 Å². The Hall–Kier alpha value is -4.33. The third-order valence-electron chi connectivity index (χ3n) is 15.7. The minimum absolute atomic E-state index is 0.214. The van der Waals surface area contributed by atoms with Gasteiger partial charge in [0.25, 0.3) is 0 Å². The summed E-state index contributed by atoms with van der Waals surface area (Å²) in [5.41, 5.74) is 0. The lowest BCUT2D eigenvalue weighted by atomic mass is 9.96. The van der Waals surface area contributed by atoms with Gasteiger partial charge in [-0.05, 0) is 110 Å². The van der Waals surface area contributed by atoms with Gasteiger partial charge in [-0.2, -0.15) is 0 Å². The number of aliphatic hydroxyl groups excluding tert-OH is 11. The summed E-state index contributed by atoms with van der Waals surface area (Å²) in [5, 5.41) is 120. The number of carbonyl (C=O) groups is 1. The van der Waals surface area contributed by atoms with Crippen molar-refractivity contribution < 1.29 is 89.4 Å². The van der Waals surface area contributed by atoms with Gasteiger partial charge >= 0.3 is 0 Å². The van der Waals surface area contributed by atoms with Crippen molar-refractivity contribution in [1.29, 1.82) is 0 Å². The molecule has 0 saturated carbocycles. The van der Waals surface area contributed by atoms with Crippen molar-refractivity contribution in [3.63, 3.8) is 0 Å². The fourth-order valence-corrected chi connectivity index (χ4v) is 10.3. The van der Waals surface area contributed by atoms with E-state index in [0.717, 1.165) is 109 Å². The Balaban J connectivity index is 1.34. The van der Waals surface area contributed by atoms with Crippen LogP contribution in [0.4, 0.5) is 0 Å². The predicted octanol–water partition coefficient (Wildman–Crippen LogP) is 8.37. The zero-order valence-electron chi connectivity index (χ0n) is 54.2. The predicted molar refractivity (Wildman–Crippen MR) is 355 cm³/mol. The van der Waals surface area contributed by atoms with Gasteiger partial charge in [-0.15, -0.1) is 0 Å². The van der Waals surface area contributed by atoms with Crippen molar-refractivity contribution in [2.45, 2.75) is 272 Å². The van der Waals surface area contributed by atoms with Gasteiger partial charge in [0.2, 0.25) is 5.91 Å². The summed E-state index contributed by atoms with van der Waals surface area (Å²) in [7, 11) is 0. The maximum absolute atomic E-state index is 13.3. The van der Waals surface area contributed by atoms with Crippen LogP contribution < -0.4 is 5.32 Å². The summed E-state index contributed by atoms with van der Waals surface area (Å²) in [4.78, 5) is 13.3. The molecule has 0 spiro atoms. The number of carbonyl (C=O) groups excluding carboxylic acids is 1. The van der Waals surface area contributed by atoms with Gasteiger partial charge in [-0.1, -0.05) is 198 Å². The summed E-state index contributed by atoms with van der Waals surface area (Å²) in [6.45, 7) is 1.30. The Kier molecular flexibility index (Phi) is 46.2. The van der Waals surface area contributed by atoms with Gasteiger partial charge in [-0.3, -0.25) is 4.79 Å². The molecule has 3 saturated heterocycles. The Morgan fingerprint density at radius 3 is 1.23 bits per heavy atom. The van der Waals surface area contributed by atoms with E-state index >= 15 is 0 Å². The number of amides is 1. The summed E-state index contributed by atoms with van der Waals surface area (Å²) < 4.78 is 34.2. The first kappa shape index (κ1) is 80.9. The van der Waals surface area contributed by atoms with Crippen molar-refractivity contribution >= 4 is 5.91 Å². The third-order valence-corrected chi connectivity index (χ3v) is 15.7. The van der Waals surface area contributed by atoms with E-state index in [4.69, 9.17) is 28.4 Å². The third kappa shape index (κ3) is 34.1. The molecule has 0 bridgehead atoms. The molecule has 3 rings (SSSR count). The molecule has 0 aromatic rings. The normalized spacial score (nSPS) is 28.8. The molecule has 3 heterocycles. The van der Waals surface area contributed by atoms with E-state index in [-0.39, 0.29) is 18.9 Å². The lowest BCUT2D eigenvalue weighted by Crippen LogP contribution is -2.66. The summed E-state index contributed by atoms with van der Waals surface area (Å²) >= 11 is 0. The molecule has 0 aromatic carbocycles. The second-order valence-corrected chi connectivity index (χ2v) is 23.2. The highest BCUT2D eigenvalue weighted by atomic mass is 16.8. The molecule has 19 heteroatoms. The van der Waals surface area contributed by atoms with E-state index in [0.29, 0.717) is 12.8 Å². The fourth-order valence-electron chi connectivity index (χ4n) is 10.3. The average molecular weight is 1280 g/mol. The molecule has 0 aliphatic carbocycles. The zero-order chi connectivity index (χ0) is 66.1. The SMILES string of the molecule is C/C=C/CC/C=C/CC/C=C/C(O)C(COC1OC(CO)C(OC2OC(CO)C(OC3OC(CO)C(O)C(O)C3O)C(O)C2O)C(O)C1O)NC(=O)CCCCCCCCCCC/C=C\C/C=C\C/C=C\C/C=C\C/C=C\C/C=C\C/C=C\C/C=C\C/C=C\CC. The molecule has 91 heavy (non-hydrogen) atoms. The number of rotatable bonds is 48. The summed E-state index contributed by atoms with van der Waals surface area (Å²) in [6, 6.07) is -1.01. The van der Waals surface area contributed by atoms with Gasteiger partial charge < -0.3 is 89.9 Å². The zero-order valence-corrected chi connectivity index (χ0v) is 54.2. The molecule has 3 aliphatic heterocycles. The second-order valence-electron chi connectivity index (χ2n) is 23.2. The van der Waals surface area contributed by atoms with Crippen molar-refractivity contribution in [2.24, 2.45) is 0 Å². The first-order chi connectivity index (χ1) is 44.3. The molecule has 1 amide bonds. The maximum atomic E-state index is 13.3. The van der Waals surface area contributed by atoms with Gasteiger partial charge in [-0.25, -0.2) is 0 Å². The number of hydrogen-bond donors (Lipinski definition) is 12. The van der Waals surface area contributed by atoms with Crippen LogP contribution in [0.2, 0.25) is 0 Å². The molecule has 0 radical (unpaired) electrons. The molecule has 516 valence electrons. The van der Waals surface area contributed by atoms with Crippen LogP contribution in [0.15, 0.2) is 146 Å². The largest absolute Gasteiger partial charge is 0.394 e. The van der Waals surface area contributed by atoms with Gasteiger partial charge in [0.05, 0.1) is 38.6 Å². The Labute approximate surface area is 542 Å². The highest BCUT2D eigenvalue weighted by Gasteiger charge is 2.53. The average Bonchev–Trinajstić information content (AvgIpc) is 0.878. The number of ether oxygens (including phenoxy) is 6. The van der Waals surface area contributed by atoms with Crippen LogP contribution in [0, 0.1) is 0 Å². The highest BCUT2D eigenvalue weighted by Crippen LogP contribution is 2.33. The Morgan fingerprint density at radius 2 is 0.780 bits per heavy atom. The number of nitrogens with one attached hydrogen (secondary N) is 1. The van der Waals surface area contributed by atoms with Crippen LogP contribution in [-0.2, 0) is 33.2 Å². The fraction of sp³-hybridized carbons (Fsp3) is 0.653. The van der Waals surface area contributed by atoms with Crippen LogP contribution in [-0.4, -0.2) is 193 Å². The van der Waals surface area contributed by atoms with E-state index in [2.05, 4.69) is 140 Å². The molecule has 3 fully saturated rings. The standard InChI is InChI=1S/C72H115NO18/c1-3-5-7-9-11-13-14-15-16-17-18-19-20-21-22-23-24-25-26-27-28-29-30-31-32-33-34-35-36-37-38-39-40-42-44-46-48-50-60(78)73-55(56(77)49-47-45-43-41-12-10-8-6-4-2)54-86-70-66(84)63(81)68(58(52-75)88-70)91-72-67(85)64(82)69(59(53-76)89-72)90-71-65(83)62(80)61(79)57(51-74)87-71/h4-7,11-13,15-16,18-19,21-22,24-25,27-28,30-31,33-34,41,47,49,55-59,61-72,74-77,79-85H,3,8-10,14,17,20,23,26,29,32,35-40,42-46,48,50-54H2,1-2H3,(H,73,78)/b6-4+,7-5-,13-11-,16-15-,19-18-,22-21-,25-24-,28-27-,31-30-,34-33-,41-12+,49-47+. The van der Waals surface area contributed by atoms with E-state index in [9.17, 15) is 61.0 Å². The summed E-state index contributed by atoms with van der Waals surface area (Å²) in [5.74, 6) is -0.308. The van der Waals surface area contributed by atoms with Crippen molar-refractivity contribution in [3.05, 3.63) is 146 Å². The van der Waals surface area contributed by atoms with Gasteiger partial charge in [0.1, 0.15) is 73.2 Å². The molecule has 3 aliphatic rings. The van der Waals surface area contributed by atoms with E-state index in [1.54, 1.807) is 12.2 Å². The van der Waals surface area contributed by atoms with E-state index in [1.165, 1.54) is 25.7 Å². The summed E-state index contributed by atoms with van der Waals surface area (Å²) in [6.07, 6.45) is 47.4. The molecular formula is C72H115NO18. The van der Waals surface area contributed by atoms with Crippen LogP contribution in [0.1, 0.15) is 168 Å². The topological polar surface area (TPSA) is 307 Å². The van der Waals surface area contributed by atoms with Crippen LogP contribution >= 0.6 is 0 Å². The first-order valence-corrected chi connectivity index (χ1v) is 33.6. The Morgan fingerprint density at radius 1 is 0.418 bits per heavy atom. The highest BCUT2D eigenvalue weighted by molar-refractivity contribution is 5.76. The van der Waals surface area contributed by atoms with Crippen LogP contribution in [0.5, 0.6) is 0 Å². The maximum Gasteiger partial charge on any atom is 0.220 e. The van der Waals surface area contributed by atoms with E-state index in [1.807, 2.05) is 13.0 Å². The van der Waals surface area contributed by atoms with Gasteiger partial charge in [0.15, 0.2) is 18.9 Å². The molecule has 17 atom stereocenters. The minimum atomic E-state index is -1.99. The number of aliphatic hydroxyl groups is 11. The van der Waals surface area contributed by atoms with Crippen LogP contribution in [0.25, 0.3) is 0 Å². The molecule has 0 aromatic heterocycles. The van der Waals surface area contributed by atoms with E-state index < -0.39 is 124 Å². The first-order valence-electron chi connectivity index (χ1n) is 33.6. The quantitative estimate of drug-likeness (QED) is 0.0201.